The van der Waals surface area contributed by atoms with Gasteiger partial charge in [-0.2, -0.15) is 4.31 Å². The van der Waals surface area contributed by atoms with E-state index in [9.17, 15) is 18.3 Å². The first-order chi connectivity index (χ1) is 16.2. The topological polar surface area (TPSA) is 83.9 Å². The van der Waals surface area contributed by atoms with Crippen molar-refractivity contribution in [2.45, 2.75) is 29.7 Å². The van der Waals surface area contributed by atoms with E-state index >= 15 is 0 Å². The minimum atomic E-state index is -4.21. The second kappa shape index (κ2) is 9.58. The third-order valence-corrected chi connectivity index (χ3v) is 8.56. The van der Waals surface area contributed by atoms with Crippen LogP contribution in [0.25, 0.3) is 11.1 Å². The molecule has 178 valence electrons. The number of carboxylic acids is 1. The average Bonchev–Trinajstić information content (AvgIpc) is 2.77. The number of hydrogen-bond donors (Lipinski definition) is 1. The molecule has 0 amide bonds. The molecule has 1 saturated carbocycles. The number of aliphatic carboxylic acids is 1. The van der Waals surface area contributed by atoms with E-state index < -0.39 is 28.1 Å². The van der Waals surface area contributed by atoms with Crippen molar-refractivity contribution in [3.05, 3.63) is 82.3 Å². The number of ether oxygens (including phenoxy) is 1. The molecule has 3 aromatic carbocycles. The molecule has 1 aliphatic rings. The first-order valence-corrected chi connectivity index (χ1v) is 12.8. The summed E-state index contributed by atoms with van der Waals surface area (Å²) in [6.07, 6.45) is 1.76. The third kappa shape index (κ3) is 4.53. The van der Waals surface area contributed by atoms with Gasteiger partial charge < -0.3 is 9.84 Å². The highest BCUT2D eigenvalue weighted by molar-refractivity contribution is 7.89. The van der Waals surface area contributed by atoms with E-state index in [-0.39, 0.29) is 10.6 Å². The Bertz CT molecular complexity index is 1320. The molecule has 1 fully saturated rings. The Kier molecular flexibility index (Phi) is 6.92. The minimum Gasteiger partial charge on any atom is -0.495 e. The number of carboxylic acid groups (broad SMARTS) is 1. The van der Waals surface area contributed by atoms with Crippen molar-refractivity contribution in [1.82, 2.24) is 4.31 Å². The summed E-state index contributed by atoms with van der Waals surface area (Å²) in [5, 5.41) is 10.6. The maximum absolute atomic E-state index is 13.9. The number of nitrogens with zero attached hydrogens (tertiary/aromatic N) is 1. The summed E-state index contributed by atoms with van der Waals surface area (Å²) < 4.78 is 34.1. The Morgan fingerprint density at radius 3 is 2.26 bits per heavy atom. The van der Waals surface area contributed by atoms with Crippen molar-refractivity contribution in [2.75, 3.05) is 13.7 Å². The molecule has 1 N–H and O–H groups in total. The Labute approximate surface area is 208 Å². The van der Waals surface area contributed by atoms with Gasteiger partial charge in [-0.1, -0.05) is 53.5 Å². The molecule has 0 aliphatic heterocycles. The first-order valence-electron chi connectivity index (χ1n) is 10.6. The third-order valence-electron chi connectivity index (χ3n) is 6.17. The molecule has 0 heterocycles. The molecule has 1 aliphatic carbocycles. The van der Waals surface area contributed by atoms with E-state index in [4.69, 9.17) is 27.9 Å². The fraction of sp³-hybridized carbons (Fsp3) is 0.240. The van der Waals surface area contributed by atoms with Gasteiger partial charge in [0.25, 0.3) is 0 Å². The number of benzene rings is 3. The van der Waals surface area contributed by atoms with E-state index in [2.05, 4.69) is 0 Å². The van der Waals surface area contributed by atoms with E-state index in [1.165, 1.54) is 13.2 Å². The number of hydrogen-bond acceptors (Lipinski definition) is 4. The zero-order valence-electron chi connectivity index (χ0n) is 18.4. The van der Waals surface area contributed by atoms with Gasteiger partial charge in [-0.3, -0.25) is 4.79 Å². The summed E-state index contributed by atoms with van der Waals surface area (Å²) in [5.74, 6) is -1.07. The SMILES string of the molecule is COc1ccccc1S(=O)(=O)N(CC(=O)O)C1(c2cccc(-c3cc(Cl)cc(Cl)c3)c2)CCC1. The largest absolute Gasteiger partial charge is 0.495 e. The molecule has 0 atom stereocenters. The summed E-state index contributed by atoms with van der Waals surface area (Å²) in [6, 6.07) is 18.9. The lowest BCUT2D eigenvalue weighted by atomic mass is 9.71. The second-order valence-corrected chi connectivity index (χ2v) is 10.9. The van der Waals surface area contributed by atoms with E-state index in [1.807, 2.05) is 24.3 Å². The maximum atomic E-state index is 13.9. The quantitative estimate of drug-likeness (QED) is 0.405. The molecule has 0 saturated heterocycles. The lowest BCUT2D eigenvalue weighted by Gasteiger charge is -2.49. The van der Waals surface area contributed by atoms with Gasteiger partial charge in [0, 0.05) is 10.0 Å². The molecule has 4 rings (SSSR count). The lowest BCUT2D eigenvalue weighted by molar-refractivity contribution is -0.139. The molecule has 3 aromatic rings. The van der Waals surface area contributed by atoms with Crippen LogP contribution in [-0.4, -0.2) is 37.5 Å². The zero-order valence-corrected chi connectivity index (χ0v) is 20.7. The monoisotopic (exact) mass is 519 g/mol. The Hall–Kier alpha value is -2.58. The van der Waals surface area contributed by atoms with Gasteiger partial charge in [-0.25, -0.2) is 8.42 Å². The van der Waals surface area contributed by atoms with Crippen LogP contribution in [0.1, 0.15) is 24.8 Å². The van der Waals surface area contributed by atoms with Crippen LogP contribution >= 0.6 is 23.2 Å². The van der Waals surface area contributed by atoms with Crippen LogP contribution in [0.2, 0.25) is 10.0 Å². The van der Waals surface area contributed by atoms with Crippen LogP contribution in [0.15, 0.2) is 71.6 Å². The molecule has 6 nitrogen and oxygen atoms in total. The molecule has 0 aromatic heterocycles. The van der Waals surface area contributed by atoms with Crippen molar-refractivity contribution in [2.24, 2.45) is 0 Å². The molecule has 0 radical (unpaired) electrons. The first kappa shape index (κ1) is 24.5. The van der Waals surface area contributed by atoms with Gasteiger partial charge in [0.2, 0.25) is 10.0 Å². The van der Waals surface area contributed by atoms with Gasteiger partial charge in [-0.15, -0.1) is 0 Å². The summed E-state index contributed by atoms with van der Waals surface area (Å²) >= 11 is 12.4. The molecule has 0 spiro atoms. The highest BCUT2D eigenvalue weighted by Gasteiger charge is 2.51. The number of methoxy groups -OCH3 is 1. The number of sulfonamides is 1. The van der Waals surface area contributed by atoms with Crippen LogP contribution in [0, 0.1) is 0 Å². The molecular formula is C25H23Cl2NO5S. The number of carbonyl (C=O) groups is 1. The van der Waals surface area contributed by atoms with Crippen molar-refractivity contribution in [1.29, 1.82) is 0 Å². The van der Waals surface area contributed by atoms with Gasteiger partial charge >= 0.3 is 5.97 Å². The van der Waals surface area contributed by atoms with Crippen molar-refractivity contribution >= 4 is 39.2 Å². The zero-order chi connectivity index (χ0) is 24.5. The van der Waals surface area contributed by atoms with Crippen molar-refractivity contribution in [3.8, 4) is 16.9 Å². The van der Waals surface area contributed by atoms with Gasteiger partial charge in [0.05, 0.1) is 12.6 Å². The van der Waals surface area contributed by atoms with Crippen molar-refractivity contribution < 1.29 is 23.1 Å². The van der Waals surface area contributed by atoms with E-state index in [1.54, 1.807) is 36.4 Å². The maximum Gasteiger partial charge on any atom is 0.318 e. The summed E-state index contributed by atoms with van der Waals surface area (Å²) in [7, 11) is -2.83. The van der Waals surface area contributed by atoms with Crippen LogP contribution in [0.4, 0.5) is 0 Å². The second-order valence-electron chi connectivity index (χ2n) is 8.18. The highest BCUT2D eigenvalue weighted by atomic mass is 35.5. The van der Waals surface area contributed by atoms with Crippen LogP contribution in [0.5, 0.6) is 5.75 Å². The van der Waals surface area contributed by atoms with Gasteiger partial charge in [-0.05, 0) is 72.4 Å². The van der Waals surface area contributed by atoms with Crippen LogP contribution < -0.4 is 4.74 Å². The molecule has 0 bridgehead atoms. The number of halogens is 2. The Balaban J connectivity index is 1.86. The average molecular weight is 520 g/mol. The standard InChI is InChI=1S/C25H23Cl2NO5S/c1-33-22-8-2-3-9-23(22)34(31,32)28(16-24(29)30)25(10-5-11-25)19-7-4-6-17(12-19)18-13-20(26)15-21(27)14-18/h2-4,6-9,12-15H,5,10-11,16H2,1H3,(H,29,30). The summed E-state index contributed by atoms with van der Waals surface area (Å²) in [6.45, 7) is -0.673. The predicted molar refractivity (Wildman–Crippen MR) is 132 cm³/mol. The van der Waals surface area contributed by atoms with Gasteiger partial charge in [0.15, 0.2) is 0 Å². The number of rotatable bonds is 8. The van der Waals surface area contributed by atoms with Crippen LogP contribution in [0.3, 0.4) is 0 Å². The molecular weight excluding hydrogens is 497 g/mol. The molecule has 9 heteroatoms. The highest BCUT2D eigenvalue weighted by Crippen LogP contribution is 2.50. The molecule has 34 heavy (non-hydrogen) atoms. The normalized spacial score (nSPS) is 15.1. The number of para-hydroxylation sites is 1. The van der Waals surface area contributed by atoms with E-state index in [0.29, 0.717) is 28.5 Å². The summed E-state index contributed by atoms with van der Waals surface area (Å²) in [4.78, 5) is 11.8. The van der Waals surface area contributed by atoms with Crippen molar-refractivity contribution in [3.63, 3.8) is 0 Å². The lowest BCUT2D eigenvalue weighted by Crippen LogP contribution is -2.55. The fourth-order valence-electron chi connectivity index (χ4n) is 4.44. The smallest absolute Gasteiger partial charge is 0.318 e. The predicted octanol–water partition coefficient (Wildman–Crippen LogP) is 5.82. The minimum absolute atomic E-state index is 0.0668. The molecule has 0 unspecified atom stereocenters. The Morgan fingerprint density at radius 1 is 1.00 bits per heavy atom. The Morgan fingerprint density at radius 2 is 1.68 bits per heavy atom. The fourth-order valence-corrected chi connectivity index (χ4v) is 6.89. The van der Waals surface area contributed by atoms with Gasteiger partial charge in [0.1, 0.15) is 17.2 Å². The van der Waals surface area contributed by atoms with E-state index in [0.717, 1.165) is 21.9 Å². The summed E-state index contributed by atoms with van der Waals surface area (Å²) in [5.41, 5.74) is 1.30. The van der Waals surface area contributed by atoms with Crippen LogP contribution in [-0.2, 0) is 20.4 Å².